The van der Waals surface area contributed by atoms with Gasteiger partial charge in [0, 0.05) is 5.92 Å². The van der Waals surface area contributed by atoms with E-state index in [1.165, 1.54) is 0 Å². The molecule has 0 amide bonds. The van der Waals surface area contributed by atoms with E-state index in [1.807, 2.05) is 19.9 Å². The first-order chi connectivity index (χ1) is 5.71. The molecule has 0 saturated heterocycles. The van der Waals surface area contributed by atoms with Gasteiger partial charge < -0.3 is 0 Å². The first-order valence-corrected chi connectivity index (χ1v) is 4.90. The number of ketones is 1. The van der Waals surface area contributed by atoms with E-state index in [0.717, 1.165) is 24.8 Å². The number of carbonyl (C=O) groups is 1. The fourth-order valence-corrected chi connectivity index (χ4v) is 1.44. The van der Waals surface area contributed by atoms with E-state index in [9.17, 15) is 4.79 Å². The second kappa shape index (κ2) is 5.99. The molecule has 0 bridgehead atoms. The summed E-state index contributed by atoms with van der Waals surface area (Å²) in [6, 6.07) is 0. The van der Waals surface area contributed by atoms with Crippen LogP contribution in [-0.4, -0.2) is 5.78 Å². The van der Waals surface area contributed by atoms with Gasteiger partial charge >= 0.3 is 0 Å². The molecule has 70 valence electrons. The lowest BCUT2D eigenvalue weighted by Gasteiger charge is -2.12. The van der Waals surface area contributed by atoms with Crippen molar-refractivity contribution in [1.29, 1.82) is 0 Å². The minimum Gasteiger partial charge on any atom is -0.294 e. The van der Waals surface area contributed by atoms with Gasteiger partial charge in [-0.2, -0.15) is 0 Å². The van der Waals surface area contributed by atoms with Crippen LogP contribution in [-0.2, 0) is 4.79 Å². The van der Waals surface area contributed by atoms with Crippen molar-refractivity contribution in [1.82, 2.24) is 0 Å². The Morgan fingerprint density at radius 3 is 2.00 bits per heavy atom. The van der Waals surface area contributed by atoms with E-state index in [-0.39, 0.29) is 5.92 Å². The molecule has 0 radical (unpaired) electrons. The minimum atomic E-state index is 0.246. The summed E-state index contributed by atoms with van der Waals surface area (Å²) in [6.45, 7) is 8.14. The molecule has 0 aromatic heterocycles. The Hall–Kier alpha value is -0.590. The maximum Gasteiger partial charge on any atom is 0.161 e. The van der Waals surface area contributed by atoms with Crippen molar-refractivity contribution in [2.24, 2.45) is 5.92 Å². The topological polar surface area (TPSA) is 17.1 Å². The van der Waals surface area contributed by atoms with Gasteiger partial charge in [0.05, 0.1) is 0 Å². The molecule has 12 heavy (non-hydrogen) atoms. The van der Waals surface area contributed by atoms with Gasteiger partial charge in [0.15, 0.2) is 5.78 Å². The van der Waals surface area contributed by atoms with Crippen LogP contribution in [0.1, 0.15) is 47.0 Å². The minimum absolute atomic E-state index is 0.246. The van der Waals surface area contributed by atoms with Crippen LogP contribution in [0.2, 0.25) is 0 Å². The Bertz CT molecular complexity index is 164. The highest BCUT2D eigenvalue weighted by Gasteiger charge is 2.16. The number of rotatable bonds is 5. The highest BCUT2D eigenvalue weighted by Crippen LogP contribution is 2.16. The monoisotopic (exact) mass is 168 g/mol. The molecule has 0 aliphatic heterocycles. The summed E-state index contributed by atoms with van der Waals surface area (Å²) in [6.07, 6.45) is 4.74. The third-order valence-corrected chi connectivity index (χ3v) is 2.40. The van der Waals surface area contributed by atoms with Crippen LogP contribution in [0.15, 0.2) is 11.6 Å². The second-order valence-electron chi connectivity index (χ2n) is 3.05. The number of hydrogen-bond donors (Lipinski definition) is 0. The highest BCUT2D eigenvalue weighted by molar-refractivity contribution is 5.96. The molecule has 0 rings (SSSR count). The molecule has 0 aliphatic carbocycles. The van der Waals surface area contributed by atoms with Crippen LogP contribution in [0.5, 0.6) is 0 Å². The SMILES string of the molecule is CC=C(CC)C(=O)C(CC)CC. The third kappa shape index (κ3) is 2.80. The van der Waals surface area contributed by atoms with Crippen LogP contribution >= 0.6 is 0 Å². The van der Waals surface area contributed by atoms with Crippen LogP contribution in [0, 0.1) is 5.92 Å². The Morgan fingerprint density at radius 1 is 1.25 bits per heavy atom. The molecule has 0 unspecified atom stereocenters. The number of allylic oxidation sites excluding steroid dienone is 2. The van der Waals surface area contributed by atoms with E-state index >= 15 is 0 Å². The third-order valence-electron chi connectivity index (χ3n) is 2.40. The number of hydrogen-bond acceptors (Lipinski definition) is 1. The summed E-state index contributed by atoms with van der Waals surface area (Å²) >= 11 is 0. The van der Waals surface area contributed by atoms with E-state index in [4.69, 9.17) is 0 Å². The molecule has 0 fully saturated rings. The molecule has 0 saturated carbocycles. The average molecular weight is 168 g/mol. The van der Waals surface area contributed by atoms with Crippen LogP contribution < -0.4 is 0 Å². The molecule has 1 nitrogen and oxygen atoms in total. The Kier molecular flexibility index (Phi) is 5.69. The molecule has 0 aromatic carbocycles. The zero-order valence-electron chi connectivity index (χ0n) is 8.68. The quantitative estimate of drug-likeness (QED) is 0.575. The van der Waals surface area contributed by atoms with Gasteiger partial charge in [-0.05, 0) is 31.8 Å². The van der Waals surface area contributed by atoms with Crippen LogP contribution in [0.3, 0.4) is 0 Å². The first kappa shape index (κ1) is 11.4. The molecule has 0 atom stereocenters. The van der Waals surface area contributed by atoms with Crippen molar-refractivity contribution in [3.05, 3.63) is 11.6 Å². The van der Waals surface area contributed by atoms with E-state index in [2.05, 4.69) is 13.8 Å². The standard InChI is InChI=1S/C11H20O/c1-5-9(6-2)11(12)10(7-3)8-4/h5,10H,6-8H2,1-4H3. The maximum absolute atomic E-state index is 11.7. The van der Waals surface area contributed by atoms with Crippen molar-refractivity contribution in [3.8, 4) is 0 Å². The van der Waals surface area contributed by atoms with E-state index in [1.54, 1.807) is 0 Å². The smallest absolute Gasteiger partial charge is 0.161 e. The van der Waals surface area contributed by atoms with Crippen molar-refractivity contribution in [3.63, 3.8) is 0 Å². The van der Waals surface area contributed by atoms with E-state index < -0.39 is 0 Å². The lowest BCUT2D eigenvalue weighted by molar-refractivity contribution is -0.119. The van der Waals surface area contributed by atoms with Crippen molar-refractivity contribution < 1.29 is 4.79 Å². The predicted molar refractivity (Wildman–Crippen MR) is 53.1 cm³/mol. The fraction of sp³-hybridized carbons (Fsp3) is 0.727. The summed E-state index contributed by atoms with van der Waals surface area (Å²) in [5, 5.41) is 0. The molecular weight excluding hydrogens is 148 g/mol. The Labute approximate surface area is 75.9 Å². The summed E-state index contributed by atoms with van der Waals surface area (Å²) in [5.41, 5.74) is 0.990. The lowest BCUT2D eigenvalue weighted by Crippen LogP contribution is -2.14. The molecule has 0 N–H and O–H groups in total. The molecular formula is C11H20O. The maximum atomic E-state index is 11.7. The van der Waals surface area contributed by atoms with Gasteiger partial charge in [-0.15, -0.1) is 0 Å². The van der Waals surface area contributed by atoms with Crippen LogP contribution in [0.4, 0.5) is 0 Å². The first-order valence-electron chi connectivity index (χ1n) is 4.90. The van der Waals surface area contributed by atoms with Crippen molar-refractivity contribution in [2.75, 3.05) is 0 Å². The fourth-order valence-electron chi connectivity index (χ4n) is 1.44. The van der Waals surface area contributed by atoms with Crippen LogP contribution in [0.25, 0.3) is 0 Å². The Balaban J connectivity index is 4.34. The number of carbonyl (C=O) groups excluding carboxylic acids is 1. The van der Waals surface area contributed by atoms with Gasteiger partial charge in [-0.3, -0.25) is 4.79 Å². The zero-order chi connectivity index (χ0) is 9.56. The van der Waals surface area contributed by atoms with Gasteiger partial charge in [-0.25, -0.2) is 0 Å². The summed E-state index contributed by atoms with van der Waals surface area (Å²) in [5.74, 6) is 0.598. The summed E-state index contributed by atoms with van der Waals surface area (Å²) < 4.78 is 0. The highest BCUT2D eigenvalue weighted by atomic mass is 16.1. The average Bonchev–Trinajstić information content (AvgIpc) is 2.09. The molecule has 0 aromatic rings. The molecule has 0 heterocycles. The normalized spacial score (nSPS) is 12.2. The van der Waals surface area contributed by atoms with Gasteiger partial charge in [0.1, 0.15) is 0 Å². The largest absolute Gasteiger partial charge is 0.294 e. The predicted octanol–water partition coefficient (Wildman–Crippen LogP) is 3.35. The summed E-state index contributed by atoms with van der Waals surface area (Å²) in [7, 11) is 0. The van der Waals surface area contributed by atoms with Gasteiger partial charge in [0.25, 0.3) is 0 Å². The lowest BCUT2D eigenvalue weighted by atomic mass is 9.92. The van der Waals surface area contributed by atoms with E-state index in [0.29, 0.717) is 5.78 Å². The zero-order valence-corrected chi connectivity index (χ0v) is 8.68. The van der Waals surface area contributed by atoms with Gasteiger partial charge in [0.2, 0.25) is 0 Å². The second-order valence-corrected chi connectivity index (χ2v) is 3.05. The van der Waals surface area contributed by atoms with Crippen molar-refractivity contribution >= 4 is 5.78 Å². The molecule has 0 aliphatic rings. The number of Topliss-reactive ketones (excluding diaryl/α,β-unsaturated/α-hetero) is 1. The van der Waals surface area contributed by atoms with Gasteiger partial charge in [-0.1, -0.05) is 26.8 Å². The molecule has 1 heteroatoms. The molecule has 0 spiro atoms. The summed E-state index contributed by atoms with van der Waals surface area (Å²) in [4.78, 5) is 11.7. The Morgan fingerprint density at radius 2 is 1.75 bits per heavy atom. The van der Waals surface area contributed by atoms with Crippen molar-refractivity contribution in [2.45, 2.75) is 47.0 Å².